The third kappa shape index (κ3) is 5.80. The lowest BCUT2D eigenvalue weighted by Crippen LogP contribution is -2.46. The summed E-state index contributed by atoms with van der Waals surface area (Å²) in [7, 11) is 1.43. The van der Waals surface area contributed by atoms with Crippen LogP contribution < -0.4 is 26.8 Å². The van der Waals surface area contributed by atoms with E-state index in [1.807, 2.05) is 24.3 Å². The fraction of sp³-hybridized carbons (Fsp3) is 0.414. The van der Waals surface area contributed by atoms with Crippen LogP contribution in [0.2, 0.25) is 0 Å². The van der Waals surface area contributed by atoms with Gasteiger partial charge in [-0.05, 0) is 62.5 Å². The molecule has 2 saturated heterocycles. The number of nitrogens with zero attached hydrogens (tertiary/aromatic N) is 3. The molecule has 40 heavy (non-hydrogen) atoms. The molecule has 212 valence electrons. The van der Waals surface area contributed by atoms with Crippen LogP contribution in [-0.4, -0.2) is 65.8 Å². The smallest absolute Gasteiger partial charge is 0.255 e. The molecule has 2 amide bonds. The third-order valence-electron chi connectivity index (χ3n) is 7.95. The van der Waals surface area contributed by atoms with E-state index in [9.17, 15) is 14.0 Å². The summed E-state index contributed by atoms with van der Waals surface area (Å²) in [6, 6.07) is 11.8. The highest BCUT2D eigenvalue weighted by atomic mass is 19.1. The zero-order valence-electron chi connectivity index (χ0n) is 22.7. The van der Waals surface area contributed by atoms with E-state index in [0.717, 1.165) is 50.7 Å². The van der Waals surface area contributed by atoms with Crippen LogP contribution in [0.25, 0.3) is 11.3 Å². The van der Waals surface area contributed by atoms with Crippen molar-refractivity contribution < 1.29 is 18.7 Å². The SMILES string of the molecule is COc1ccc(F)cc1C(=O)NCc1ccc(-c2nn(C3CCN(C4CCNCC4)CC3)c(N)c2C(N)=O)cc1. The van der Waals surface area contributed by atoms with Crippen LogP contribution in [-0.2, 0) is 6.54 Å². The molecule has 0 saturated carbocycles. The number of ether oxygens (including phenoxy) is 1. The molecule has 10 nitrogen and oxygen atoms in total. The van der Waals surface area contributed by atoms with Crippen LogP contribution in [0.3, 0.4) is 0 Å². The van der Waals surface area contributed by atoms with Crippen molar-refractivity contribution in [3.63, 3.8) is 0 Å². The van der Waals surface area contributed by atoms with Crippen molar-refractivity contribution in [3.05, 3.63) is 65.0 Å². The Balaban J connectivity index is 1.28. The Bertz CT molecular complexity index is 1360. The van der Waals surface area contributed by atoms with Gasteiger partial charge in [0.15, 0.2) is 0 Å². The van der Waals surface area contributed by atoms with E-state index in [2.05, 4.69) is 15.5 Å². The number of aromatic nitrogens is 2. The lowest BCUT2D eigenvalue weighted by Gasteiger charge is -2.39. The number of carbonyl (C=O) groups excluding carboxylic acids is 2. The summed E-state index contributed by atoms with van der Waals surface area (Å²) in [6.45, 7) is 4.28. The van der Waals surface area contributed by atoms with Gasteiger partial charge in [-0.25, -0.2) is 9.07 Å². The molecule has 2 aliphatic rings. The summed E-state index contributed by atoms with van der Waals surface area (Å²) in [5, 5.41) is 11.0. The molecule has 2 fully saturated rings. The Kier molecular flexibility index (Phi) is 8.32. The zero-order chi connectivity index (χ0) is 28.2. The van der Waals surface area contributed by atoms with Crippen molar-refractivity contribution in [2.24, 2.45) is 5.73 Å². The molecule has 0 radical (unpaired) electrons. The summed E-state index contributed by atoms with van der Waals surface area (Å²) in [5.74, 6) is -1.01. The maximum atomic E-state index is 13.7. The first-order valence-electron chi connectivity index (χ1n) is 13.7. The number of nitrogens with one attached hydrogen (secondary N) is 2. The van der Waals surface area contributed by atoms with Crippen molar-refractivity contribution in [1.29, 1.82) is 0 Å². The molecule has 1 aromatic heterocycles. The quantitative estimate of drug-likeness (QED) is 0.339. The predicted molar refractivity (Wildman–Crippen MR) is 150 cm³/mol. The number of primary amides is 1. The van der Waals surface area contributed by atoms with Gasteiger partial charge in [0.2, 0.25) is 0 Å². The van der Waals surface area contributed by atoms with Crippen LogP contribution in [0.15, 0.2) is 42.5 Å². The number of hydrogen-bond donors (Lipinski definition) is 4. The number of benzene rings is 2. The number of methoxy groups -OCH3 is 1. The Morgan fingerprint density at radius 3 is 2.42 bits per heavy atom. The predicted octanol–water partition coefficient (Wildman–Crippen LogP) is 2.70. The fourth-order valence-electron chi connectivity index (χ4n) is 5.75. The second kappa shape index (κ2) is 12.1. The van der Waals surface area contributed by atoms with Crippen LogP contribution in [0, 0.1) is 5.82 Å². The number of anilines is 1. The van der Waals surface area contributed by atoms with Crippen LogP contribution >= 0.6 is 0 Å². The monoisotopic (exact) mass is 549 g/mol. The first kappa shape index (κ1) is 27.6. The molecule has 3 heterocycles. The first-order chi connectivity index (χ1) is 19.4. The number of carbonyl (C=O) groups is 2. The number of hydrogen-bond acceptors (Lipinski definition) is 7. The standard InChI is InChI=1S/C29H36FN7O3/c1-40-24-7-6-20(30)16-23(24)29(39)34-17-18-2-4-19(5-3-18)26-25(28(32)38)27(31)37(35-26)22-10-14-36(15-11-22)21-8-12-33-13-9-21/h2-7,16,21-22,33H,8-15,17,31H2,1H3,(H2,32,38)(H,34,39). The summed E-state index contributed by atoms with van der Waals surface area (Å²) in [6.07, 6.45) is 4.15. The van der Waals surface area contributed by atoms with Crippen LogP contribution in [0.1, 0.15) is 58.0 Å². The van der Waals surface area contributed by atoms with E-state index in [0.29, 0.717) is 28.9 Å². The molecular weight excluding hydrogens is 513 g/mol. The Morgan fingerprint density at radius 1 is 1.07 bits per heavy atom. The third-order valence-corrected chi connectivity index (χ3v) is 7.95. The minimum atomic E-state index is -0.619. The van der Waals surface area contributed by atoms with Crippen molar-refractivity contribution in [3.8, 4) is 17.0 Å². The summed E-state index contributed by atoms with van der Waals surface area (Å²) < 4.78 is 20.6. The van der Waals surface area contributed by atoms with Gasteiger partial charge >= 0.3 is 0 Å². The van der Waals surface area contributed by atoms with Gasteiger partial charge in [0.25, 0.3) is 11.8 Å². The molecule has 0 atom stereocenters. The summed E-state index contributed by atoms with van der Waals surface area (Å²) in [5.41, 5.74) is 14.5. The number of likely N-dealkylation sites (tertiary alicyclic amines) is 1. The van der Waals surface area contributed by atoms with Gasteiger partial charge in [-0.3, -0.25) is 9.59 Å². The normalized spacial score (nSPS) is 17.1. The summed E-state index contributed by atoms with van der Waals surface area (Å²) in [4.78, 5) is 27.6. The van der Waals surface area contributed by atoms with E-state index >= 15 is 0 Å². The molecule has 0 aliphatic carbocycles. The van der Waals surface area contributed by atoms with Gasteiger partial charge in [0.1, 0.15) is 28.6 Å². The molecule has 11 heteroatoms. The maximum absolute atomic E-state index is 13.7. The van der Waals surface area contributed by atoms with Gasteiger partial charge in [-0.15, -0.1) is 0 Å². The van der Waals surface area contributed by atoms with Crippen molar-refractivity contribution in [1.82, 2.24) is 25.3 Å². The number of nitrogen functional groups attached to an aromatic ring is 1. The minimum absolute atomic E-state index is 0.0964. The molecule has 0 spiro atoms. The molecule has 0 unspecified atom stereocenters. The first-order valence-corrected chi connectivity index (χ1v) is 13.7. The Hall–Kier alpha value is -3.96. The van der Waals surface area contributed by atoms with Crippen molar-refractivity contribution >= 4 is 17.6 Å². The lowest BCUT2D eigenvalue weighted by molar-refractivity contribution is 0.0946. The van der Waals surface area contributed by atoms with Gasteiger partial charge < -0.3 is 31.7 Å². The number of rotatable bonds is 8. The Morgan fingerprint density at radius 2 is 1.77 bits per heavy atom. The number of nitrogens with two attached hydrogens (primary N) is 2. The van der Waals surface area contributed by atoms with E-state index in [4.69, 9.17) is 21.3 Å². The molecule has 0 bridgehead atoms. The molecular formula is C29H36FN7O3. The van der Waals surface area contributed by atoms with E-state index in [1.165, 1.54) is 32.1 Å². The van der Waals surface area contributed by atoms with Crippen LogP contribution in [0.5, 0.6) is 5.75 Å². The Labute approximate surface area is 232 Å². The molecule has 5 rings (SSSR count). The van der Waals surface area contributed by atoms with Gasteiger partial charge in [-0.1, -0.05) is 24.3 Å². The van der Waals surface area contributed by atoms with E-state index in [-0.39, 0.29) is 23.7 Å². The molecule has 6 N–H and O–H groups in total. The van der Waals surface area contributed by atoms with Gasteiger partial charge in [-0.2, -0.15) is 5.10 Å². The topological polar surface area (TPSA) is 141 Å². The lowest BCUT2D eigenvalue weighted by atomic mass is 9.98. The number of amides is 2. The highest BCUT2D eigenvalue weighted by molar-refractivity contribution is 6.03. The second-order valence-corrected chi connectivity index (χ2v) is 10.4. The highest BCUT2D eigenvalue weighted by Gasteiger charge is 2.30. The van der Waals surface area contributed by atoms with Gasteiger partial charge in [0, 0.05) is 31.2 Å². The van der Waals surface area contributed by atoms with Crippen LogP contribution in [0.4, 0.5) is 10.2 Å². The van der Waals surface area contributed by atoms with E-state index < -0.39 is 17.6 Å². The molecule has 3 aromatic rings. The molecule has 2 aromatic carbocycles. The average Bonchev–Trinajstić information content (AvgIpc) is 3.33. The number of piperidine rings is 2. The average molecular weight is 550 g/mol. The largest absolute Gasteiger partial charge is 0.496 e. The minimum Gasteiger partial charge on any atom is -0.496 e. The summed E-state index contributed by atoms with van der Waals surface area (Å²) >= 11 is 0. The highest BCUT2D eigenvalue weighted by Crippen LogP contribution is 2.33. The van der Waals surface area contributed by atoms with Crippen molar-refractivity contribution in [2.75, 3.05) is 39.0 Å². The number of halogens is 1. The maximum Gasteiger partial charge on any atom is 0.255 e. The molecule has 2 aliphatic heterocycles. The second-order valence-electron chi connectivity index (χ2n) is 10.4. The van der Waals surface area contributed by atoms with Gasteiger partial charge in [0.05, 0.1) is 18.7 Å². The van der Waals surface area contributed by atoms with E-state index in [1.54, 1.807) is 4.68 Å². The zero-order valence-corrected chi connectivity index (χ0v) is 22.7. The fourth-order valence-corrected chi connectivity index (χ4v) is 5.75. The van der Waals surface area contributed by atoms with Crippen molar-refractivity contribution in [2.45, 2.75) is 44.3 Å².